The van der Waals surface area contributed by atoms with Crippen LogP contribution in [0.5, 0.6) is 0 Å². The normalized spacial score (nSPS) is 14.4. The summed E-state index contributed by atoms with van der Waals surface area (Å²) in [6.07, 6.45) is -4.44. The Kier molecular flexibility index (Phi) is 4.09. The molecule has 1 aliphatic heterocycles. The van der Waals surface area contributed by atoms with Gasteiger partial charge in [0.05, 0.1) is 5.56 Å². The van der Waals surface area contributed by atoms with Crippen LogP contribution in [0.3, 0.4) is 0 Å². The number of nitrogens with zero attached hydrogens (tertiary/aromatic N) is 3. The van der Waals surface area contributed by atoms with Crippen LogP contribution in [0.2, 0.25) is 0 Å². The quantitative estimate of drug-likeness (QED) is 0.838. The number of carboxylic acid groups (broad SMARTS) is 1. The number of aromatic nitrogens is 2. The van der Waals surface area contributed by atoms with Crippen LogP contribution in [0.1, 0.15) is 32.9 Å². The summed E-state index contributed by atoms with van der Waals surface area (Å²) in [5.74, 6) is -1.93. The number of aromatic carboxylic acids is 1. The first-order chi connectivity index (χ1) is 11.7. The minimum absolute atomic E-state index is 0.00260. The summed E-state index contributed by atoms with van der Waals surface area (Å²) >= 11 is 0. The number of hydrogen-bond donors (Lipinski definition) is 1. The molecule has 0 saturated heterocycles. The number of alkyl halides is 3. The van der Waals surface area contributed by atoms with E-state index in [1.165, 1.54) is 17.9 Å². The van der Waals surface area contributed by atoms with Crippen molar-refractivity contribution >= 4 is 11.9 Å². The average Bonchev–Trinajstić information content (AvgIpc) is 2.53. The van der Waals surface area contributed by atoms with E-state index in [1.807, 2.05) is 0 Å². The second kappa shape index (κ2) is 5.98. The molecular weight excluding hydrogens is 342 g/mol. The van der Waals surface area contributed by atoms with Crippen LogP contribution in [0.15, 0.2) is 18.2 Å². The number of aryl methyl sites for hydroxylation is 1. The Hall–Kier alpha value is -2.71. The fraction of sp³-hybridized carbons (Fsp3) is 0.312. The van der Waals surface area contributed by atoms with Gasteiger partial charge in [0.1, 0.15) is 11.5 Å². The first-order valence-corrected chi connectivity index (χ1v) is 7.38. The molecule has 0 aliphatic carbocycles. The Morgan fingerprint density at radius 1 is 1.24 bits per heavy atom. The number of carboxylic acids is 1. The Labute approximate surface area is 139 Å². The minimum atomic E-state index is -4.61. The predicted octanol–water partition coefficient (Wildman–Crippen LogP) is 3.20. The number of benzene rings is 1. The van der Waals surface area contributed by atoms with Crippen LogP contribution in [0.25, 0.3) is 0 Å². The molecule has 0 spiro atoms. The lowest BCUT2D eigenvalue weighted by Gasteiger charge is -2.30. The van der Waals surface area contributed by atoms with Crippen LogP contribution in [-0.2, 0) is 19.1 Å². The van der Waals surface area contributed by atoms with Crippen LogP contribution in [0.4, 0.5) is 23.5 Å². The Bertz CT molecular complexity index is 852. The fourth-order valence-electron chi connectivity index (χ4n) is 2.85. The number of anilines is 1. The average molecular weight is 355 g/mol. The molecule has 132 valence electrons. The summed E-state index contributed by atoms with van der Waals surface area (Å²) in [5.41, 5.74) is -0.433. The summed E-state index contributed by atoms with van der Waals surface area (Å²) in [6, 6.07) is 3.08. The molecule has 0 unspecified atom stereocenters. The van der Waals surface area contributed by atoms with E-state index in [0.29, 0.717) is 5.56 Å². The monoisotopic (exact) mass is 355 g/mol. The molecule has 0 saturated carbocycles. The van der Waals surface area contributed by atoms with Gasteiger partial charge in [-0.15, -0.1) is 0 Å². The van der Waals surface area contributed by atoms with Gasteiger partial charge in [0.25, 0.3) is 0 Å². The van der Waals surface area contributed by atoms with Gasteiger partial charge in [-0.3, -0.25) is 0 Å². The molecule has 2 heterocycles. The van der Waals surface area contributed by atoms with E-state index in [4.69, 9.17) is 0 Å². The van der Waals surface area contributed by atoms with Gasteiger partial charge in [0.2, 0.25) is 5.95 Å². The van der Waals surface area contributed by atoms with Crippen LogP contribution < -0.4 is 4.90 Å². The van der Waals surface area contributed by atoms with E-state index in [2.05, 4.69) is 9.97 Å². The standard InChI is InChI=1S/C16H13F4N3O2/c1-8-6-13(16(18,19)20)22-15(21-8)23-5-4-9-10(14(24)25)2-3-12(17)11(9)7-23/h2-3,6H,4-5,7H2,1H3,(H,24,25). The number of hydrogen-bond acceptors (Lipinski definition) is 4. The predicted molar refractivity (Wildman–Crippen MR) is 79.9 cm³/mol. The molecule has 1 aliphatic rings. The maximum atomic E-state index is 14.1. The largest absolute Gasteiger partial charge is 0.478 e. The zero-order valence-corrected chi connectivity index (χ0v) is 13.1. The van der Waals surface area contributed by atoms with E-state index in [9.17, 15) is 27.5 Å². The van der Waals surface area contributed by atoms with E-state index in [1.54, 1.807) is 0 Å². The van der Waals surface area contributed by atoms with Crippen molar-refractivity contribution in [3.05, 3.63) is 52.1 Å². The van der Waals surface area contributed by atoms with E-state index in [0.717, 1.165) is 12.1 Å². The molecular formula is C16H13F4N3O2. The van der Waals surface area contributed by atoms with Crippen LogP contribution in [0, 0.1) is 12.7 Å². The second-order valence-electron chi connectivity index (χ2n) is 5.72. The van der Waals surface area contributed by atoms with Crippen molar-refractivity contribution in [2.75, 3.05) is 11.4 Å². The molecule has 5 nitrogen and oxygen atoms in total. The highest BCUT2D eigenvalue weighted by Gasteiger charge is 2.34. The lowest BCUT2D eigenvalue weighted by Crippen LogP contribution is -2.34. The van der Waals surface area contributed by atoms with Gasteiger partial charge in [0, 0.05) is 24.3 Å². The molecule has 0 fully saturated rings. The zero-order chi connectivity index (χ0) is 18.4. The van der Waals surface area contributed by atoms with Gasteiger partial charge in [-0.25, -0.2) is 19.2 Å². The number of carbonyl (C=O) groups is 1. The third kappa shape index (κ3) is 3.26. The summed E-state index contributed by atoms with van der Waals surface area (Å²) in [6.45, 7) is 1.52. The van der Waals surface area contributed by atoms with Crippen molar-refractivity contribution in [2.45, 2.75) is 26.1 Å². The summed E-state index contributed by atoms with van der Waals surface area (Å²) in [5, 5.41) is 9.19. The smallest absolute Gasteiger partial charge is 0.433 e. The number of rotatable bonds is 2. The highest BCUT2D eigenvalue weighted by Crippen LogP contribution is 2.31. The van der Waals surface area contributed by atoms with Gasteiger partial charge < -0.3 is 10.0 Å². The summed E-state index contributed by atoms with van der Waals surface area (Å²) < 4.78 is 52.9. The van der Waals surface area contributed by atoms with Gasteiger partial charge in [0.15, 0.2) is 0 Å². The van der Waals surface area contributed by atoms with E-state index >= 15 is 0 Å². The Morgan fingerprint density at radius 3 is 2.60 bits per heavy atom. The summed E-state index contributed by atoms with van der Waals surface area (Å²) in [7, 11) is 0. The Morgan fingerprint density at radius 2 is 1.96 bits per heavy atom. The molecule has 9 heteroatoms. The van der Waals surface area contributed by atoms with E-state index < -0.39 is 23.7 Å². The van der Waals surface area contributed by atoms with Crippen molar-refractivity contribution in [3.8, 4) is 0 Å². The van der Waals surface area contributed by atoms with Crippen LogP contribution >= 0.6 is 0 Å². The van der Waals surface area contributed by atoms with Crippen LogP contribution in [-0.4, -0.2) is 27.6 Å². The molecule has 0 bridgehead atoms. The van der Waals surface area contributed by atoms with Crippen molar-refractivity contribution in [1.82, 2.24) is 9.97 Å². The molecule has 0 radical (unpaired) electrons. The highest BCUT2D eigenvalue weighted by atomic mass is 19.4. The number of halogens is 4. The zero-order valence-electron chi connectivity index (χ0n) is 13.1. The fourth-order valence-corrected chi connectivity index (χ4v) is 2.85. The molecule has 2 aromatic rings. The minimum Gasteiger partial charge on any atom is -0.478 e. The number of fused-ring (bicyclic) bond motifs is 1. The molecule has 1 aromatic carbocycles. The van der Waals surface area contributed by atoms with Crippen molar-refractivity contribution in [2.24, 2.45) is 0 Å². The van der Waals surface area contributed by atoms with Gasteiger partial charge in [-0.05, 0) is 37.1 Å². The lowest BCUT2D eigenvalue weighted by atomic mass is 9.94. The molecule has 1 N–H and O–H groups in total. The topological polar surface area (TPSA) is 66.3 Å². The third-order valence-corrected chi connectivity index (χ3v) is 4.00. The highest BCUT2D eigenvalue weighted by molar-refractivity contribution is 5.90. The maximum Gasteiger partial charge on any atom is 0.433 e. The van der Waals surface area contributed by atoms with Crippen molar-refractivity contribution in [1.29, 1.82) is 0 Å². The van der Waals surface area contributed by atoms with E-state index in [-0.39, 0.29) is 42.3 Å². The molecule has 0 amide bonds. The SMILES string of the molecule is Cc1cc(C(F)(F)F)nc(N2CCc3c(C(=O)O)ccc(F)c3C2)n1. The first kappa shape index (κ1) is 17.1. The van der Waals surface area contributed by atoms with Crippen molar-refractivity contribution < 1.29 is 27.5 Å². The molecule has 25 heavy (non-hydrogen) atoms. The molecule has 1 aromatic heterocycles. The Balaban J connectivity index is 2.00. The first-order valence-electron chi connectivity index (χ1n) is 7.38. The summed E-state index contributed by atoms with van der Waals surface area (Å²) in [4.78, 5) is 20.2. The van der Waals surface area contributed by atoms with Gasteiger partial charge in [-0.1, -0.05) is 0 Å². The maximum absolute atomic E-state index is 14.1. The van der Waals surface area contributed by atoms with Crippen molar-refractivity contribution in [3.63, 3.8) is 0 Å². The molecule has 3 rings (SSSR count). The molecule has 0 atom stereocenters. The third-order valence-electron chi connectivity index (χ3n) is 4.00. The second-order valence-corrected chi connectivity index (χ2v) is 5.72. The van der Waals surface area contributed by atoms with Gasteiger partial charge >= 0.3 is 12.1 Å². The van der Waals surface area contributed by atoms with Gasteiger partial charge in [-0.2, -0.15) is 13.2 Å². The lowest BCUT2D eigenvalue weighted by molar-refractivity contribution is -0.141.